The average Bonchev–Trinajstić information content (AvgIpc) is 2.71. The van der Waals surface area contributed by atoms with E-state index in [-0.39, 0.29) is 24.5 Å². The van der Waals surface area contributed by atoms with Crippen molar-refractivity contribution >= 4 is 17.6 Å². The van der Waals surface area contributed by atoms with Crippen molar-refractivity contribution in [3.8, 4) is 17.2 Å². The molecule has 7 nitrogen and oxygen atoms in total. The van der Waals surface area contributed by atoms with E-state index in [0.717, 1.165) is 5.56 Å². The SMILES string of the molecule is COc1ccc(N2C(=O)c3cc(OC)c(OC)cc3CC2COC(C)=O)cc1. The fourth-order valence-corrected chi connectivity index (χ4v) is 3.35. The predicted octanol–water partition coefficient (Wildman–Crippen LogP) is 2.85. The van der Waals surface area contributed by atoms with Gasteiger partial charge in [0.15, 0.2) is 11.5 Å². The van der Waals surface area contributed by atoms with E-state index in [1.807, 2.05) is 12.1 Å². The molecule has 0 N–H and O–H groups in total. The molecule has 0 radical (unpaired) electrons. The molecule has 1 aliphatic rings. The molecule has 1 amide bonds. The summed E-state index contributed by atoms with van der Waals surface area (Å²) >= 11 is 0. The van der Waals surface area contributed by atoms with Crippen LogP contribution in [-0.2, 0) is 16.0 Å². The van der Waals surface area contributed by atoms with Crippen molar-refractivity contribution in [3.05, 3.63) is 47.5 Å². The molecule has 2 aromatic rings. The van der Waals surface area contributed by atoms with E-state index in [4.69, 9.17) is 18.9 Å². The molecule has 0 fully saturated rings. The Bertz CT molecular complexity index is 877. The first-order valence-electron chi connectivity index (χ1n) is 8.84. The largest absolute Gasteiger partial charge is 0.497 e. The Hall–Kier alpha value is -3.22. The number of amides is 1. The molecular weight excluding hydrogens is 362 g/mol. The number of anilines is 1. The molecular formula is C21H23NO6. The quantitative estimate of drug-likeness (QED) is 0.712. The maximum Gasteiger partial charge on any atom is 0.302 e. The summed E-state index contributed by atoms with van der Waals surface area (Å²) in [6.07, 6.45) is 0.515. The summed E-state index contributed by atoms with van der Waals surface area (Å²) in [5.41, 5.74) is 2.06. The number of nitrogens with zero attached hydrogens (tertiary/aromatic N) is 1. The Morgan fingerprint density at radius 3 is 2.25 bits per heavy atom. The highest BCUT2D eigenvalue weighted by Crippen LogP contribution is 2.36. The highest BCUT2D eigenvalue weighted by Gasteiger charge is 2.35. The first-order chi connectivity index (χ1) is 13.5. The van der Waals surface area contributed by atoms with Crippen LogP contribution in [0.1, 0.15) is 22.8 Å². The number of carbonyl (C=O) groups is 2. The molecule has 0 aliphatic carbocycles. The molecule has 7 heteroatoms. The van der Waals surface area contributed by atoms with Gasteiger partial charge in [0, 0.05) is 18.2 Å². The fraction of sp³-hybridized carbons (Fsp3) is 0.333. The Labute approximate surface area is 163 Å². The molecule has 0 bridgehead atoms. The smallest absolute Gasteiger partial charge is 0.302 e. The second-order valence-corrected chi connectivity index (χ2v) is 6.40. The molecule has 0 saturated heterocycles. The Balaban J connectivity index is 2.04. The van der Waals surface area contributed by atoms with Crippen LogP contribution < -0.4 is 19.1 Å². The van der Waals surface area contributed by atoms with Crippen LogP contribution in [0, 0.1) is 0 Å². The van der Waals surface area contributed by atoms with Gasteiger partial charge in [0.2, 0.25) is 0 Å². The van der Waals surface area contributed by atoms with Crippen molar-refractivity contribution in [2.75, 3.05) is 32.8 Å². The van der Waals surface area contributed by atoms with Crippen molar-refractivity contribution in [1.29, 1.82) is 0 Å². The average molecular weight is 385 g/mol. The molecule has 0 spiro atoms. The molecule has 3 rings (SSSR count). The van der Waals surface area contributed by atoms with Crippen LogP contribution in [0.5, 0.6) is 17.2 Å². The number of esters is 1. The number of rotatable bonds is 6. The van der Waals surface area contributed by atoms with Crippen molar-refractivity contribution in [3.63, 3.8) is 0 Å². The molecule has 1 unspecified atom stereocenters. The van der Waals surface area contributed by atoms with Crippen LogP contribution in [0.3, 0.4) is 0 Å². The summed E-state index contributed by atoms with van der Waals surface area (Å²) < 4.78 is 21.1. The minimum absolute atomic E-state index is 0.0981. The zero-order chi connectivity index (χ0) is 20.3. The van der Waals surface area contributed by atoms with Gasteiger partial charge in [0.05, 0.1) is 27.4 Å². The predicted molar refractivity (Wildman–Crippen MR) is 103 cm³/mol. The van der Waals surface area contributed by atoms with E-state index >= 15 is 0 Å². The number of methoxy groups -OCH3 is 3. The minimum atomic E-state index is -0.389. The van der Waals surface area contributed by atoms with E-state index in [0.29, 0.717) is 34.9 Å². The van der Waals surface area contributed by atoms with Gasteiger partial charge in [-0.05, 0) is 48.4 Å². The number of carbonyl (C=O) groups excluding carboxylic acids is 2. The van der Waals surface area contributed by atoms with E-state index in [1.165, 1.54) is 14.0 Å². The number of ether oxygens (including phenoxy) is 4. The zero-order valence-corrected chi connectivity index (χ0v) is 16.4. The molecule has 28 heavy (non-hydrogen) atoms. The minimum Gasteiger partial charge on any atom is -0.497 e. The fourth-order valence-electron chi connectivity index (χ4n) is 3.35. The zero-order valence-electron chi connectivity index (χ0n) is 16.4. The number of fused-ring (bicyclic) bond motifs is 1. The lowest BCUT2D eigenvalue weighted by Crippen LogP contribution is -2.48. The molecule has 148 valence electrons. The molecule has 0 aromatic heterocycles. The van der Waals surface area contributed by atoms with Gasteiger partial charge in [0.1, 0.15) is 12.4 Å². The van der Waals surface area contributed by atoms with Crippen LogP contribution in [0.25, 0.3) is 0 Å². The van der Waals surface area contributed by atoms with E-state index in [9.17, 15) is 9.59 Å². The lowest BCUT2D eigenvalue weighted by Gasteiger charge is -2.36. The van der Waals surface area contributed by atoms with Gasteiger partial charge in [-0.3, -0.25) is 9.59 Å². The normalized spacial score (nSPS) is 15.6. The first-order valence-corrected chi connectivity index (χ1v) is 8.84. The number of hydrogen-bond donors (Lipinski definition) is 0. The van der Waals surface area contributed by atoms with Gasteiger partial charge in [0.25, 0.3) is 5.91 Å². The van der Waals surface area contributed by atoms with Gasteiger partial charge in [-0.1, -0.05) is 0 Å². The Morgan fingerprint density at radius 1 is 1.04 bits per heavy atom. The van der Waals surface area contributed by atoms with Gasteiger partial charge in [-0.2, -0.15) is 0 Å². The van der Waals surface area contributed by atoms with Crippen molar-refractivity contribution in [2.45, 2.75) is 19.4 Å². The van der Waals surface area contributed by atoms with Crippen LogP contribution in [0.2, 0.25) is 0 Å². The third kappa shape index (κ3) is 3.74. The molecule has 1 heterocycles. The van der Waals surface area contributed by atoms with Crippen LogP contribution >= 0.6 is 0 Å². The van der Waals surface area contributed by atoms with Gasteiger partial charge >= 0.3 is 5.97 Å². The maximum atomic E-state index is 13.4. The summed E-state index contributed by atoms with van der Waals surface area (Å²) in [5, 5.41) is 0. The lowest BCUT2D eigenvalue weighted by atomic mass is 9.92. The topological polar surface area (TPSA) is 74.3 Å². The standard InChI is InChI=1S/C21H23NO6/c1-13(23)28-12-16-9-14-10-19(26-3)20(27-4)11-18(14)21(24)22(16)15-5-7-17(25-2)8-6-15/h5-8,10-11,16H,9,12H2,1-4H3. The van der Waals surface area contributed by atoms with Gasteiger partial charge in [-0.15, -0.1) is 0 Å². The van der Waals surface area contributed by atoms with Gasteiger partial charge in [-0.25, -0.2) is 0 Å². The summed E-state index contributed by atoms with van der Waals surface area (Å²) in [6, 6.07) is 10.3. The van der Waals surface area contributed by atoms with Crippen molar-refractivity contribution < 1.29 is 28.5 Å². The Kier molecular flexibility index (Phi) is 5.73. The highest BCUT2D eigenvalue weighted by atomic mass is 16.5. The summed E-state index contributed by atoms with van der Waals surface area (Å²) in [7, 11) is 4.66. The van der Waals surface area contributed by atoms with Crippen molar-refractivity contribution in [2.24, 2.45) is 0 Å². The van der Waals surface area contributed by atoms with Gasteiger partial charge < -0.3 is 23.8 Å². The molecule has 2 aromatic carbocycles. The molecule has 1 atom stereocenters. The van der Waals surface area contributed by atoms with E-state index in [1.54, 1.807) is 43.4 Å². The maximum absolute atomic E-state index is 13.4. The van der Waals surface area contributed by atoms with Crippen LogP contribution in [0.15, 0.2) is 36.4 Å². The van der Waals surface area contributed by atoms with Crippen LogP contribution in [0.4, 0.5) is 5.69 Å². The summed E-state index contributed by atoms with van der Waals surface area (Å²) in [6.45, 7) is 1.45. The molecule has 0 saturated carbocycles. The Morgan fingerprint density at radius 2 is 1.68 bits per heavy atom. The number of hydrogen-bond acceptors (Lipinski definition) is 6. The second kappa shape index (κ2) is 8.21. The van der Waals surface area contributed by atoms with E-state index in [2.05, 4.69) is 0 Å². The van der Waals surface area contributed by atoms with Crippen LogP contribution in [-0.4, -0.2) is 45.9 Å². The second-order valence-electron chi connectivity index (χ2n) is 6.40. The lowest BCUT2D eigenvalue weighted by molar-refractivity contribution is -0.141. The van der Waals surface area contributed by atoms with E-state index < -0.39 is 0 Å². The number of benzene rings is 2. The third-order valence-corrected chi connectivity index (χ3v) is 4.71. The monoisotopic (exact) mass is 385 g/mol. The first kappa shape index (κ1) is 19.5. The highest BCUT2D eigenvalue weighted by molar-refractivity contribution is 6.09. The molecule has 1 aliphatic heterocycles. The summed E-state index contributed by atoms with van der Waals surface area (Å²) in [4.78, 5) is 26.3. The van der Waals surface area contributed by atoms with Crippen molar-refractivity contribution in [1.82, 2.24) is 0 Å². The summed E-state index contributed by atoms with van der Waals surface area (Å²) in [5.74, 6) is 1.15. The third-order valence-electron chi connectivity index (χ3n) is 4.71.